The number of carbonyl (C=O) groups is 1. The molecule has 0 aliphatic rings. The van der Waals surface area contributed by atoms with Gasteiger partial charge in [-0.1, -0.05) is 23.7 Å². The van der Waals surface area contributed by atoms with Crippen LogP contribution in [-0.4, -0.2) is 5.91 Å². The average molecular weight is 298 g/mol. The maximum Gasteiger partial charge on any atom is 0.255 e. The smallest absolute Gasteiger partial charge is 0.255 e. The van der Waals surface area contributed by atoms with E-state index in [1.807, 2.05) is 6.07 Å². The standard InChI is InChI=1S/C14H10Cl2FNO/c15-8-9-2-1-3-10(6-9)14(19)18-13-7-11(16)4-5-12(13)17/h1-7H,8H2,(H,18,19). The maximum absolute atomic E-state index is 13.5. The second kappa shape index (κ2) is 6.04. The highest BCUT2D eigenvalue weighted by atomic mass is 35.5. The summed E-state index contributed by atoms with van der Waals surface area (Å²) < 4.78 is 13.5. The van der Waals surface area contributed by atoms with Crippen molar-refractivity contribution in [3.8, 4) is 0 Å². The van der Waals surface area contributed by atoms with E-state index in [2.05, 4.69) is 5.32 Å². The fraction of sp³-hybridized carbons (Fsp3) is 0.0714. The minimum absolute atomic E-state index is 0.0498. The SMILES string of the molecule is O=C(Nc1cc(Cl)ccc1F)c1cccc(CCl)c1. The molecular formula is C14H10Cl2FNO. The highest BCUT2D eigenvalue weighted by Crippen LogP contribution is 2.20. The van der Waals surface area contributed by atoms with Crippen molar-refractivity contribution in [2.24, 2.45) is 0 Å². The molecule has 2 aromatic carbocycles. The maximum atomic E-state index is 13.5. The van der Waals surface area contributed by atoms with Gasteiger partial charge in [-0.3, -0.25) is 4.79 Å². The number of amides is 1. The summed E-state index contributed by atoms with van der Waals surface area (Å²) in [6, 6.07) is 10.8. The van der Waals surface area contributed by atoms with E-state index in [1.165, 1.54) is 18.2 Å². The van der Waals surface area contributed by atoms with E-state index >= 15 is 0 Å². The fourth-order valence-electron chi connectivity index (χ4n) is 1.58. The van der Waals surface area contributed by atoms with E-state index in [-0.39, 0.29) is 5.69 Å². The van der Waals surface area contributed by atoms with Gasteiger partial charge in [0.2, 0.25) is 0 Å². The van der Waals surface area contributed by atoms with Crippen molar-refractivity contribution in [3.05, 3.63) is 64.4 Å². The lowest BCUT2D eigenvalue weighted by Gasteiger charge is -2.07. The van der Waals surface area contributed by atoms with Gasteiger partial charge in [-0.2, -0.15) is 0 Å². The van der Waals surface area contributed by atoms with Crippen LogP contribution in [0.2, 0.25) is 5.02 Å². The first-order chi connectivity index (χ1) is 9.10. The third kappa shape index (κ3) is 3.46. The second-order valence-corrected chi connectivity index (χ2v) is 4.62. The summed E-state index contributed by atoms with van der Waals surface area (Å²) in [6.45, 7) is 0. The molecule has 0 atom stereocenters. The average Bonchev–Trinajstić information content (AvgIpc) is 2.43. The highest BCUT2D eigenvalue weighted by Gasteiger charge is 2.10. The Morgan fingerprint density at radius 2 is 2.00 bits per heavy atom. The topological polar surface area (TPSA) is 29.1 Å². The molecule has 0 radical (unpaired) electrons. The van der Waals surface area contributed by atoms with Gasteiger partial charge in [0.05, 0.1) is 5.69 Å². The first kappa shape index (κ1) is 13.8. The predicted molar refractivity (Wildman–Crippen MR) is 75.4 cm³/mol. The minimum atomic E-state index is -0.536. The van der Waals surface area contributed by atoms with Crippen molar-refractivity contribution in [2.45, 2.75) is 5.88 Å². The van der Waals surface area contributed by atoms with Gasteiger partial charge in [0.15, 0.2) is 0 Å². The van der Waals surface area contributed by atoms with Crippen LogP contribution in [0.1, 0.15) is 15.9 Å². The first-order valence-corrected chi connectivity index (χ1v) is 6.42. The van der Waals surface area contributed by atoms with E-state index in [1.54, 1.807) is 18.2 Å². The zero-order chi connectivity index (χ0) is 13.8. The van der Waals surface area contributed by atoms with Crippen LogP contribution in [-0.2, 0) is 5.88 Å². The van der Waals surface area contributed by atoms with E-state index in [9.17, 15) is 9.18 Å². The van der Waals surface area contributed by atoms with Gasteiger partial charge in [0.25, 0.3) is 5.91 Å². The molecule has 0 fully saturated rings. The Bertz CT molecular complexity index is 616. The van der Waals surface area contributed by atoms with Crippen LogP contribution < -0.4 is 5.32 Å². The van der Waals surface area contributed by atoms with Gasteiger partial charge in [-0.05, 0) is 35.9 Å². The van der Waals surface area contributed by atoms with E-state index in [0.29, 0.717) is 16.5 Å². The number of hydrogen-bond donors (Lipinski definition) is 1. The molecule has 0 spiro atoms. The number of alkyl halides is 1. The van der Waals surface area contributed by atoms with Crippen LogP contribution in [0.25, 0.3) is 0 Å². The van der Waals surface area contributed by atoms with Crippen molar-refractivity contribution in [1.29, 1.82) is 0 Å². The molecule has 0 heterocycles. The van der Waals surface area contributed by atoms with Crippen LogP contribution >= 0.6 is 23.2 Å². The lowest BCUT2D eigenvalue weighted by Crippen LogP contribution is -2.13. The van der Waals surface area contributed by atoms with E-state index < -0.39 is 11.7 Å². The van der Waals surface area contributed by atoms with Crippen molar-refractivity contribution >= 4 is 34.8 Å². The van der Waals surface area contributed by atoms with Crippen LogP contribution in [0.15, 0.2) is 42.5 Å². The molecule has 98 valence electrons. The van der Waals surface area contributed by atoms with E-state index in [0.717, 1.165) is 5.56 Å². The summed E-state index contributed by atoms with van der Waals surface area (Å²) >= 11 is 11.5. The molecule has 0 unspecified atom stereocenters. The Hall–Kier alpha value is -1.58. The normalized spacial score (nSPS) is 10.3. The quantitative estimate of drug-likeness (QED) is 0.832. The summed E-state index contributed by atoms with van der Waals surface area (Å²) in [5, 5.41) is 2.83. The fourth-order valence-corrected chi connectivity index (χ4v) is 1.92. The Morgan fingerprint density at radius 1 is 1.21 bits per heavy atom. The number of carbonyl (C=O) groups excluding carboxylic acids is 1. The Balaban J connectivity index is 2.22. The Kier molecular flexibility index (Phi) is 4.40. The number of benzene rings is 2. The van der Waals surface area contributed by atoms with Crippen LogP contribution in [0.3, 0.4) is 0 Å². The zero-order valence-electron chi connectivity index (χ0n) is 9.79. The number of hydrogen-bond acceptors (Lipinski definition) is 1. The molecule has 0 saturated heterocycles. The van der Waals surface area contributed by atoms with Gasteiger partial charge in [-0.25, -0.2) is 4.39 Å². The third-order valence-electron chi connectivity index (χ3n) is 2.52. The molecule has 1 amide bonds. The molecule has 2 nitrogen and oxygen atoms in total. The lowest BCUT2D eigenvalue weighted by atomic mass is 10.1. The van der Waals surface area contributed by atoms with Crippen molar-refractivity contribution in [2.75, 3.05) is 5.32 Å². The van der Waals surface area contributed by atoms with Crippen molar-refractivity contribution in [1.82, 2.24) is 0 Å². The molecule has 0 aliphatic heterocycles. The Morgan fingerprint density at radius 3 is 2.74 bits per heavy atom. The third-order valence-corrected chi connectivity index (χ3v) is 3.06. The summed E-state index contributed by atoms with van der Waals surface area (Å²) in [5.41, 5.74) is 1.28. The monoisotopic (exact) mass is 297 g/mol. The van der Waals surface area contributed by atoms with Gasteiger partial charge in [0, 0.05) is 16.5 Å². The molecule has 0 saturated carbocycles. The number of halogens is 3. The number of rotatable bonds is 3. The van der Waals surface area contributed by atoms with Crippen molar-refractivity contribution in [3.63, 3.8) is 0 Å². The second-order valence-electron chi connectivity index (χ2n) is 3.91. The summed E-state index contributed by atoms with van der Waals surface area (Å²) in [4.78, 5) is 12.0. The molecule has 1 N–H and O–H groups in total. The Labute approximate surface area is 120 Å². The molecule has 2 rings (SSSR count). The van der Waals surface area contributed by atoms with Crippen molar-refractivity contribution < 1.29 is 9.18 Å². The molecule has 0 bridgehead atoms. The first-order valence-electron chi connectivity index (χ1n) is 5.51. The minimum Gasteiger partial charge on any atom is -0.319 e. The zero-order valence-corrected chi connectivity index (χ0v) is 11.3. The number of nitrogens with one attached hydrogen (secondary N) is 1. The molecular weight excluding hydrogens is 288 g/mol. The lowest BCUT2D eigenvalue weighted by molar-refractivity contribution is 0.102. The van der Waals surface area contributed by atoms with E-state index in [4.69, 9.17) is 23.2 Å². The van der Waals surface area contributed by atoms with Crippen LogP contribution in [0.5, 0.6) is 0 Å². The summed E-state index contributed by atoms with van der Waals surface area (Å²) in [5.74, 6) is -0.633. The largest absolute Gasteiger partial charge is 0.319 e. The van der Waals surface area contributed by atoms with Gasteiger partial charge < -0.3 is 5.32 Å². The van der Waals surface area contributed by atoms with Crippen LogP contribution in [0.4, 0.5) is 10.1 Å². The molecule has 5 heteroatoms. The highest BCUT2D eigenvalue weighted by molar-refractivity contribution is 6.31. The summed E-state index contributed by atoms with van der Waals surface area (Å²) in [6.07, 6.45) is 0. The number of anilines is 1. The van der Waals surface area contributed by atoms with Gasteiger partial charge in [0.1, 0.15) is 5.82 Å². The summed E-state index contributed by atoms with van der Waals surface area (Å²) in [7, 11) is 0. The molecule has 0 aromatic heterocycles. The molecule has 19 heavy (non-hydrogen) atoms. The molecule has 0 aliphatic carbocycles. The predicted octanol–water partition coefficient (Wildman–Crippen LogP) is 4.47. The van der Waals surface area contributed by atoms with Gasteiger partial charge in [-0.15, -0.1) is 11.6 Å². The molecule has 2 aromatic rings. The van der Waals surface area contributed by atoms with Crippen LogP contribution in [0, 0.1) is 5.82 Å². The van der Waals surface area contributed by atoms with Gasteiger partial charge >= 0.3 is 0 Å².